The number of amidine groups is 1. The van der Waals surface area contributed by atoms with Crippen molar-refractivity contribution < 1.29 is 14.7 Å². The molecule has 19 heavy (non-hydrogen) atoms. The maximum Gasteiger partial charge on any atom is 0.172 e. The SMILES string of the molecule is CC1CCN(c2ccc(F)cc2/C(N)=N/O)C1CO. The molecule has 2 atom stereocenters. The van der Waals surface area contributed by atoms with Crippen LogP contribution in [0.3, 0.4) is 0 Å². The van der Waals surface area contributed by atoms with Crippen LogP contribution in [0.4, 0.5) is 10.1 Å². The first kappa shape index (κ1) is 13.6. The van der Waals surface area contributed by atoms with Crippen LogP contribution in [0, 0.1) is 11.7 Å². The Morgan fingerprint density at radius 1 is 1.58 bits per heavy atom. The topological polar surface area (TPSA) is 82.1 Å². The van der Waals surface area contributed by atoms with Gasteiger partial charge in [0.15, 0.2) is 5.84 Å². The zero-order chi connectivity index (χ0) is 14.0. The third kappa shape index (κ3) is 2.49. The molecule has 0 aromatic heterocycles. The molecule has 0 bridgehead atoms. The molecule has 1 saturated heterocycles. The van der Waals surface area contributed by atoms with Gasteiger partial charge in [-0.1, -0.05) is 12.1 Å². The van der Waals surface area contributed by atoms with Crippen LogP contribution < -0.4 is 10.6 Å². The molecule has 5 nitrogen and oxygen atoms in total. The Bertz CT molecular complexity index is 493. The molecule has 1 fully saturated rings. The van der Waals surface area contributed by atoms with Gasteiger partial charge in [-0.15, -0.1) is 0 Å². The molecule has 6 heteroatoms. The summed E-state index contributed by atoms with van der Waals surface area (Å²) >= 11 is 0. The van der Waals surface area contributed by atoms with Crippen LogP contribution in [0.25, 0.3) is 0 Å². The van der Waals surface area contributed by atoms with Crippen molar-refractivity contribution in [3.63, 3.8) is 0 Å². The second kappa shape index (κ2) is 5.44. The number of hydrogen-bond acceptors (Lipinski definition) is 4. The number of benzene rings is 1. The predicted octanol–water partition coefficient (Wildman–Crippen LogP) is 1.13. The molecule has 104 valence electrons. The van der Waals surface area contributed by atoms with E-state index in [1.54, 1.807) is 6.07 Å². The van der Waals surface area contributed by atoms with Gasteiger partial charge in [0.1, 0.15) is 5.82 Å². The Morgan fingerprint density at radius 2 is 2.32 bits per heavy atom. The van der Waals surface area contributed by atoms with E-state index in [1.165, 1.54) is 12.1 Å². The largest absolute Gasteiger partial charge is 0.409 e. The summed E-state index contributed by atoms with van der Waals surface area (Å²) in [6.45, 7) is 2.84. The van der Waals surface area contributed by atoms with Crippen LogP contribution in [0.15, 0.2) is 23.4 Å². The van der Waals surface area contributed by atoms with E-state index in [9.17, 15) is 9.50 Å². The fraction of sp³-hybridized carbons (Fsp3) is 0.462. The van der Waals surface area contributed by atoms with Crippen molar-refractivity contribution in [2.24, 2.45) is 16.8 Å². The van der Waals surface area contributed by atoms with E-state index in [1.807, 2.05) is 4.90 Å². The molecule has 0 amide bonds. The van der Waals surface area contributed by atoms with Crippen molar-refractivity contribution in [3.05, 3.63) is 29.6 Å². The van der Waals surface area contributed by atoms with Gasteiger partial charge in [-0.2, -0.15) is 0 Å². The third-order valence-electron chi connectivity index (χ3n) is 3.72. The van der Waals surface area contributed by atoms with Crippen molar-refractivity contribution in [1.29, 1.82) is 0 Å². The third-order valence-corrected chi connectivity index (χ3v) is 3.72. The van der Waals surface area contributed by atoms with Gasteiger partial charge in [-0.25, -0.2) is 4.39 Å². The van der Waals surface area contributed by atoms with Gasteiger partial charge in [-0.05, 0) is 30.5 Å². The Balaban J connectivity index is 2.45. The summed E-state index contributed by atoms with van der Waals surface area (Å²) in [6, 6.07) is 4.14. The Morgan fingerprint density at radius 3 is 2.95 bits per heavy atom. The molecule has 1 aromatic carbocycles. The van der Waals surface area contributed by atoms with Crippen molar-refractivity contribution in [3.8, 4) is 0 Å². The summed E-state index contributed by atoms with van der Waals surface area (Å²) in [5, 5.41) is 21.2. The molecule has 0 aliphatic carbocycles. The Hall–Kier alpha value is -1.82. The normalized spacial score (nSPS) is 23.9. The quantitative estimate of drug-likeness (QED) is 0.332. The highest BCUT2D eigenvalue weighted by molar-refractivity contribution is 6.02. The number of nitrogens with two attached hydrogens (primary N) is 1. The minimum atomic E-state index is -0.446. The van der Waals surface area contributed by atoms with Crippen molar-refractivity contribution >= 4 is 11.5 Å². The summed E-state index contributed by atoms with van der Waals surface area (Å²) in [5.41, 5.74) is 6.62. The lowest BCUT2D eigenvalue weighted by molar-refractivity contribution is 0.244. The van der Waals surface area contributed by atoms with Gasteiger partial charge in [-0.3, -0.25) is 0 Å². The summed E-state index contributed by atoms with van der Waals surface area (Å²) in [7, 11) is 0. The smallest absolute Gasteiger partial charge is 0.172 e. The molecule has 4 N–H and O–H groups in total. The van der Waals surface area contributed by atoms with Gasteiger partial charge in [0.25, 0.3) is 0 Å². The van der Waals surface area contributed by atoms with Gasteiger partial charge in [0.05, 0.1) is 12.6 Å². The fourth-order valence-corrected chi connectivity index (χ4v) is 2.60. The predicted molar refractivity (Wildman–Crippen MR) is 70.9 cm³/mol. The second-order valence-corrected chi connectivity index (χ2v) is 4.86. The highest BCUT2D eigenvalue weighted by atomic mass is 19.1. The molecular weight excluding hydrogens is 249 g/mol. The van der Waals surface area contributed by atoms with E-state index >= 15 is 0 Å². The molecule has 2 unspecified atom stereocenters. The number of rotatable bonds is 3. The molecule has 2 rings (SSSR count). The van der Waals surface area contributed by atoms with Crippen molar-refractivity contribution in [2.75, 3.05) is 18.1 Å². The zero-order valence-corrected chi connectivity index (χ0v) is 10.8. The highest BCUT2D eigenvalue weighted by Gasteiger charge is 2.32. The minimum Gasteiger partial charge on any atom is -0.409 e. The van der Waals surface area contributed by atoms with E-state index in [0.717, 1.165) is 13.0 Å². The Labute approximate surface area is 111 Å². The molecular formula is C13H18FN3O2. The summed E-state index contributed by atoms with van der Waals surface area (Å²) in [6.07, 6.45) is 0.943. The van der Waals surface area contributed by atoms with Crippen LogP contribution in [0.2, 0.25) is 0 Å². The van der Waals surface area contributed by atoms with Crippen LogP contribution in [-0.4, -0.2) is 35.3 Å². The molecule has 1 aliphatic rings. The average molecular weight is 267 g/mol. The monoisotopic (exact) mass is 267 g/mol. The first-order valence-corrected chi connectivity index (χ1v) is 6.23. The van der Waals surface area contributed by atoms with Crippen molar-refractivity contribution in [2.45, 2.75) is 19.4 Å². The summed E-state index contributed by atoms with van der Waals surface area (Å²) in [5.74, 6) is -0.237. The lowest BCUT2D eigenvalue weighted by Gasteiger charge is -2.29. The molecule has 0 radical (unpaired) electrons. The molecule has 1 aliphatic heterocycles. The lowest BCUT2D eigenvalue weighted by Crippen LogP contribution is -2.36. The van der Waals surface area contributed by atoms with E-state index in [4.69, 9.17) is 10.9 Å². The molecule has 1 aromatic rings. The van der Waals surface area contributed by atoms with Crippen LogP contribution in [-0.2, 0) is 0 Å². The number of anilines is 1. The lowest BCUT2D eigenvalue weighted by atomic mass is 10.0. The zero-order valence-electron chi connectivity index (χ0n) is 10.8. The maximum atomic E-state index is 13.3. The van der Waals surface area contributed by atoms with E-state index in [-0.39, 0.29) is 18.5 Å². The summed E-state index contributed by atoms with van der Waals surface area (Å²) < 4.78 is 13.3. The number of nitrogens with zero attached hydrogens (tertiary/aromatic N) is 2. The van der Waals surface area contributed by atoms with Gasteiger partial charge >= 0.3 is 0 Å². The second-order valence-electron chi connectivity index (χ2n) is 4.86. The van der Waals surface area contributed by atoms with E-state index in [0.29, 0.717) is 17.2 Å². The number of aliphatic hydroxyl groups excluding tert-OH is 1. The molecule has 1 heterocycles. The van der Waals surface area contributed by atoms with Crippen molar-refractivity contribution in [1.82, 2.24) is 0 Å². The molecule has 0 spiro atoms. The highest BCUT2D eigenvalue weighted by Crippen LogP contribution is 2.32. The fourth-order valence-electron chi connectivity index (χ4n) is 2.60. The number of oxime groups is 1. The minimum absolute atomic E-state index is 0.0220. The van der Waals surface area contributed by atoms with Gasteiger partial charge < -0.3 is 20.9 Å². The van der Waals surface area contributed by atoms with Crippen LogP contribution in [0.1, 0.15) is 18.9 Å². The van der Waals surface area contributed by atoms with E-state index in [2.05, 4.69) is 12.1 Å². The first-order valence-electron chi connectivity index (χ1n) is 6.23. The first-order chi connectivity index (χ1) is 9.08. The van der Waals surface area contributed by atoms with Crippen LogP contribution >= 0.6 is 0 Å². The average Bonchev–Trinajstić information content (AvgIpc) is 2.78. The standard InChI is InChI=1S/C13H18FN3O2/c1-8-4-5-17(12(8)7-18)11-3-2-9(14)6-10(11)13(15)16-19/h2-3,6,8,12,18-19H,4-5,7H2,1H3,(H2,15,16). The number of aliphatic hydroxyl groups is 1. The number of hydrogen-bond donors (Lipinski definition) is 3. The van der Waals surface area contributed by atoms with E-state index < -0.39 is 5.82 Å². The maximum absolute atomic E-state index is 13.3. The molecule has 0 saturated carbocycles. The number of halogens is 1. The van der Waals surface area contributed by atoms with Gasteiger partial charge in [0.2, 0.25) is 0 Å². The van der Waals surface area contributed by atoms with Gasteiger partial charge in [0, 0.05) is 17.8 Å². The summed E-state index contributed by atoms with van der Waals surface area (Å²) in [4.78, 5) is 1.98. The van der Waals surface area contributed by atoms with Crippen LogP contribution in [0.5, 0.6) is 0 Å². The Kier molecular flexibility index (Phi) is 3.90.